The number of carbonyl (C=O) groups is 1. The van der Waals surface area contributed by atoms with Gasteiger partial charge in [-0.25, -0.2) is 0 Å². The van der Waals surface area contributed by atoms with Crippen LogP contribution in [0.3, 0.4) is 0 Å². The van der Waals surface area contributed by atoms with Crippen LogP contribution in [-0.2, 0) is 19.6 Å². The Morgan fingerprint density at radius 3 is 2.10 bits per heavy atom. The molecule has 0 aliphatic heterocycles. The summed E-state index contributed by atoms with van der Waals surface area (Å²) in [6.07, 6.45) is 2.15. The first-order valence-electron chi connectivity index (χ1n) is 9.79. The molecular formula is C18H28F4O6S. The van der Waals surface area contributed by atoms with E-state index in [1.54, 1.807) is 0 Å². The van der Waals surface area contributed by atoms with Gasteiger partial charge in [-0.1, -0.05) is 13.8 Å². The number of hydrogen-bond acceptors (Lipinski definition) is 5. The molecule has 4 atom stereocenters. The molecule has 2 aliphatic carbocycles. The highest BCUT2D eigenvalue weighted by atomic mass is 32.2. The minimum Gasteiger partial charge on any atom is -0.465 e. The zero-order valence-corrected chi connectivity index (χ0v) is 17.2. The maximum Gasteiger partial charge on any atom is 0.431 e. The van der Waals surface area contributed by atoms with Crippen molar-refractivity contribution in [3.05, 3.63) is 0 Å². The first kappa shape index (κ1) is 24.3. The zero-order chi connectivity index (χ0) is 22.3. The van der Waals surface area contributed by atoms with Gasteiger partial charge in [0.2, 0.25) is 0 Å². The molecular weight excluding hydrogens is 420 g/mol. The van der Waals surface area contributed by atoms with E-state index in [0.717, 1.165) is 6.42 Å². The van der Waals surface area contributed by atoms with Crippen LogP contribution in [0.25, 0.3) is 0 Å². The second-order valence-corrected chi connectivity index (χ2v) is 9.81. The van der Waals surface area contributed by atoms with E-state index in [1.807, 2.05) is 13.8 Å². The van der Waals surface area contributed by atoms with Crippen LogP contribution < -0.4 is 0 Å². The van der Waals surface area contributed by atoms with Gasteiger partial charge in [0.05, 0.1) is 24.5 Å². The molecule has 0 heterocycles. The largest absolute Gasteiger partial charge is 0.465 e. The Kier molecular flexibility index (Phi) is 6.96. The van der Waals surface area contributed by atoms with Crippen molar-refractivity contribution in [3.8, 4) is 0 Å². The molecule has 6 nitrogen and oxygen atoms in total. The van der Waals surface area contributed by atoms with Gasteiger partial charge in [-0.3, -0.25) is 9.35 Å². The van der Waals surface area contributed by atoms with Crippen LogP contribution in [0, 0.1) is 23.7 Å². The molecule has 29 heavy (non-hydrogen) atoms. The average Bonchev–Trinajstić information content (AvgIpc) is 3.20. The monoisotopic (exact) mass is 448 g/mol. The Bertz CT molecular complexity index is 707. The van der Waals surface area contributed by atoms with Crippen LogP contribution in [0.5, 0.6) is 0 Å². The van der Waals surface area contributed by atoms with Gasteiger partial charge in [-0.05, 0) is 56.3 Å². The molecule has 2 bridgehead atoms. The fraction of sp³-hybridized carbons (Fsp3) is 0.944. The predicted octanol–water partition coefficient (Wildman–Crippen LogP) is 3.64. The van der Waals surface area contributed by atoms with E-state index < -0.39 is 51.8 Å². The summed E-state index contributed by atoms with van der Waals surface area (Å²) in [6.45, 7) is 2.75. The van der Waals surface area contributed by atoms with Crippen molar-refractivity contribution in [2.24, 2.45) is 23.7 Å². The molecule has 2 rings (SSSR count). The van der Waals surface area contributed by atoms with E-state index in [-0.39, 0.29) is 17.8 Å². The van der Waals surface area contributed by atoms with Gasteiger partial charge in [0.25, 0.3) is 0 Å². The Morgan fingerprint density at radius 2 is 1.66 bits per heavy atom. The number of ether oxygens (including phenoxy) is 1. The summed E-state index contributed by atoms with van der Waals surface area (Å²) in [5.74, 6) is -5.87. The third-order valence-electron chi connectivity index (χ3n) is 6.67. The average molecular weight is 448 g/mol. The quantitative estimate of drug-likeness (QED) is 0.301. The van der Waals surface area contributed by atoms with E-state index in [9.17, 15) is 35.9 Å². The lowest BCUT2D eigenvalue weighted by atomic mass is 9.75. The number of fused-ring (bicyclic) bond motifs is 2. The smallest absolute Gasteiger partial charge is 0.431 e. The standard InChI is InChI=1S/C18H28F4O6S/c1-3-16(24,4-2)10-13-8-12-7-11(13)9-14(12)15(23)28-6-5-17(19,20)18(21,22)29(25,26)27/h11-14,24H,3-10H2,1-2H3,(H,25,26,27). The van der Waals surface area contributed by atoms with Gasteiger partial charge in [0, 0.05) is 0 Å². The minimum absolute atomic E-state index is 0.00441. The summed E-state index contributed by atoms with van der Waals surface area (Å²) >= 11 is 0. The number of esters is 1. The van der Waals surface area contributed by atoms with Crippen molar-refractivity contribution >= 4 is 16.1 Å². The highest BCUT2D eigenvalue weighted by molar-refractivity contribution is 7.87. The molecule has 0 saturated heterocycles. The number of aliphatic hydroxyl groups is 1. The fourth-order valence-electron chi connectivity index (χ4n) is 4.68. The molecule has 0 amide bonds. The summed E-state index contributed by atoms with van der Waals surface area (Å²) in [4.78, 5) is 12.2. The van der Waals surface area contributed by atoms with Crippen LogP contribution in [0.4, 0.5) is 17.6 Å². The lowest BCUT2D eigenvalue weighted by molar-refractivity contribution is -0.176. The van der Waals surface area contributed by atoms with Gasteiger partial charge in [0.15, 0.2) is 0 Å². The predicted molar refractivity (Wildman–Crippen MR) is 95.0 cm³/mol. The molecule has 2 saturated carbocycles. The van der Waals surface area contributed by atoms with Gasteiger partial charge in [0.1, 0.15) is 0 Å². The van der Waals surface area contributed by atoms with Gasteiger partial charge in [-0.2, -0.15) is 26.0 Å². The molecule has 2 N–H and O–H groups in total. The molecule has 2 fully saturated rings. The van der Waals surface area contributed by atoms with Gasteiger partial charge < -0.3 is 9.84 Å². The number of carbonyl (C=O) groups excluding carboxylic acids is 1. The van der Waals surface area contributed by atoms with Crippen molar-refractivity contribution < 1.29 is 45.2 Å². The lowest BCUT2D eigenvalue weighted by Gasteiger charge is -2.34. The number of halogens is 4. The van der Waals surface area contributed by atoms with E-state index in [4.69, 9.17) is 9.29 Å². The highest BCUT2D eigenvalue weighted by Gasteiger charge is 2.65. The van der Waals surface area contributed by atoms with Crippen molar-refractivity contribution in [2.75, 3.05) is 6.61 Å². The minimum atomic E-state index is -6.30. The molecule has 170 valence electrons. The summed E-state index contributed by atoms with van der Waals surface area (Å²) in [7, 11) is -6.30. The van der Waals surface area contributed by atoms with E-state index in [2.05, 4.69) is 0 Å². The normalized spacial score (nSPS) is 28.0. The maximum atomic E-state index is 13.4. The molecule has 2 aliphatic rings. The molecule has 0 aromatic rings. The number of rotatable bonds is 10. The third kappa shape index (κ3) is 4.87. The highest BCUT2D eigenvalue weighted by Crippen LogP contribution is 2.54. The third-order valence-corrected chi connectivity index (χ3v) is 7.62. The zero-order valence-electron chi connectivity index (χ0n) is 16.4. The van der Waals surface area contributed by atoms with Crippen LogP contribution in [0.15, 0.2) is 0 Å². The summed E-state index contributed by atoms with van der Waals surface area (Å²) in [5.41, 5.74) is -0.741. The molecule has 11 heteroatoms. The van der Waals surface area contributed by atoms with Crippen LogP contribution >= 0.6 is 0 Å². The first-order chi connectivity index (χ1) is 13.2. The SMILES string of the molecule is CCC(O)(CC)CC1CC2CC1CC2C(=O)OCCC(F)(F)C(F)(F)S(=O)(=O)O. The Balaban J connectivity index is 1.86. The van der Waals surface area contributed by atoms with Crippen molar-refractivity contribution in [2.45, 2.75) is 75.6 Å². The topological polar surface area (TPSA) is 101 Å². The summed E-state index contributed by atoms with van der Waals surface area (Å²) in [6, 6.07) is 0. The van der Waals surface area contributed by atoms with Gasteiger partial charge in [-0.15, -0.1) is 0 Å². The van der Waals surface area contributed by atoms with Crippen LogP contribution in [0.1, 0.15) is 58.8 Å². The fourth-order valence-corrected chi connectivity index (χ4v) is 5.16. The van der Waals surface area contributed by atoms with Crippen LogP contribution in [0.2, 0.25) is 0 Å². The molecule has 0 spiro atoms. The van der Waals surface area contributed by atoms with Crippen molar-refractivity contribution in [1.82, 2.24) is 0 Å². The van der Waals surface area contributed by atoms with E-state index in [0.29, 0.717) is 32.1 Å². The second-order valence-electron chi connectivity index (χ2n) is 8.34. The number of hydrogen-bond donors (Lipinski definition) is 2. The Hall–Kier alpha value is -0.940. The Labute approximate surface area is 167 Å². The van der Waals surface area contributed by atoms with E-state index in [1.165, 1.54) is 0 Å². The van der Waals surface area contributed by atoms with Crippen LogP contribution in [-0.4, -0.2) is 47.4 Å². The summed E-state index contributed by atoms with van der Waals surface area (Å²) in [5, 5.41) is 4.86. The molecule has 0 aromatic heterocycles. The number of alkyl halides is 4. The molecule has 4 unspecified atom stereocenters. The molecule has 0 radical (unpaired) electrons. The maximum absolute atomic E-state index is 13.4. The summed E-state index contributed by atoms with van der Waals surface area (Å²) < 4.78 is 87.1. The Morgan fingerprint density at radius 1 is 1.07 bits per heavy atom. The lowest BCUT2D eigenvalue weighted by Crippen LogP contribution is -2.47. The molecule has 0 aromatic carbocycles. The van der Waals surface area contributed by atoms with Gasteiger partial charge >= 0.3 is 27.3 Å². The second kappa shape index (κ2) is 8.30. The van der Waals surface area contributed by atoms with Crippen molar-refractivity contribution in [3.63, 3.8) is 0 Å². The van der Waals surface area contributed by atoms with E-state index >= 15 is 0 Å². The van der Waals surface area contributed by atoms with Crippen molar-refractivity contribution in [1.29, 1.82) is 0 Å². The first-order valence-corrected chi connectivity index (χ1v) is 11.2.